The first-order valence-corrected chi connectivity index (χ1v) is 10.0. The van der Waals surface area contributed by atoms with E-state index in [0.717, 1.165) is 28.0 Å². The summed E-state index contributed by atoms with van der Waals surface area (Å²) in [5, 5.41) is 6.06. The number of hydrogen-bond donors (Lipinski definition) is 2. The summed E-state index contributed by atoms with van der Waals surface area (Å²) in [6.07, 6.45) is 0. The number of nitrogens with zero attached hydrogens (tertiary/aromatic N) is 2. The normalized spacial score (nSPS) is 10.9. The summed E-state index contributed by atoms with van der Waals surface area (Å²) in [7, 11) is 1.62. The Bertz CT molecular complexity index is 1080. The van der Waals surface area contributed by atoms with Crippen molar-refractivity contribution in [2.24, 2.45) is 0 Å². The SMILES string of the molecule is COc1ccc2nc(SCC(=O)Nc3nc(-c4ccccc4)cs3)[nH]c2c1. The fraction of sp³-hybridized carbons (Fsp3) is 0.105. The average Bonchev–Trinajstić information content (AvgIpc) is 3.33. The van der Waals surface area contributed by atoms with Crippen LogP contribution in [0, 0.1) is 0 Å². The predicted octanol–water partition coefficient (Wildman–Crippen LogP) is 4.43. The van der Waals surface area contributed by atoms with E-state index in [0.29, 0.717) is 10.3 Å². The molecule has 8 heteroatoms. The van der Waals surface area contributed by atoms with Gasteiger partial charge in [-0.05, 0) is 12.1 Å². The van der Waals surface area contributed by atoms with E-state index in [4.69, 9.17) is 4.74 Å². The molecule has 0 spiro atoms. The lowest BCUT2D eigenvalue weighted by atomic mass is 10.2. The van der Waals surface area contributed by atoms with Crippen molar-refractivity contribution in [1.29, 1.82) is 0 Å². The minimum Gasteiger partial charge on any atom is -0.497 e. The Balaban J connectivity index is 1.37. The Kier molecular flexibility index (Phi) is 5.08. The topological polar surface area (TPSA) is 79.9 Å². The van der Waals surface area contributed by atoms with Gasteiger partial charge in [0.25, 0.3) is 0 Å². The highest BCUT2D eigenvalue weighted by Crippen LogP contribution is 2.26. The Labute approximate surface area is 164 Å². The second-order valence-electron chi connectivity index (χ2n) is 5.67. The van der Waals surface area contributed by atoms with Crippen LogP contribution in [0.4, 0.5) is 5.13 Å². The number of carbonyl (C=O) groups is 1. The predicted molar refractivity (Wildman–Crippen MR) is 110 cm³/mol. The monoisotopic (exact) mass is 396 g/mol. The Morgan fingerprint density at radius 3 is 2.89 bits per heavy atom. The Hall–Kier alpha value is -2.84. The third-order valence-electron chi connectivity index (χ3n) is 3.83. The third kappa shape index (κ3) is 4.12. The van der Waals surface area contributed by atoms with E-state index in [1.165, 1.54) is 23.1 Å². The van der Waals surface area contributed by atoms with E-state index in [1.54, 1.807) is 7.11 Å². The summed E-state index contributed by atoms with van der Waals surface area (Å²) in [4.78, 5) is 24.4. The van der Waals surface area contributed by atoms with Gasteiger partial charge in [0.1, 0.15) is 5.75 Å². The smallest absolute Gasteiger partial charge is 0.236 e. The molecule has 6 nitrogen and oxygen atoms in total. The summed E-state index contributed by atoms with van der Waals surface area (Å²) in [5.41, 5.74) is 3.60. The maximum absolute atomic E-state index is 12.2. The Morgan fingerprint density at radius 2 is 2.07 bits per heavy atom. The van der Waals surface area contributed by atoms with Crippen molar-refractivity contribution in [2.45, 2.75) is 5.16 Å². The molecule has 2 aromatic carbocycles. The van der Waals surface area contributed by atoms with Crippen LogP contribution in [-0.2, 0) is 4.79 Å². The second kappa shape index (κ2) is 7.81. The van der Waals surface area contributed by atoms with Crippen molar-refractivity contribution >= 4 is 45.2 Å². The lowest BCUT2D eigenvalue weighted by Crippen LogP contribution is -2.13. The number of benzene rings is 2. The third-order valence-corrected chi connectivity index (χ3v) is 5.46. The van der Waals surface area contributed by atoms with E-state index in [9.17, 15) is 4.79 Å². The molecule has 136 valence electrons. The average molecular weight is 396 g/mol. The van der Waals surface area contributed by atoms with Gasteiger partial charge in [0, 0.05) is 17.0 Å². The molecular weight excluding hydrogens is 380 g/mol. The van der Waals surface area contributed by atoms with E-state index in [-0.39, 0.29) is 11.7 Å². The van der Waals surface area contributed by atoms with Gasteiger partial charge >= 0.3 is 0 Å². The van der Waals surface area contributed by atoms with Gasteiger partial charge in [-0.15, -0.1) is 11.3 Å². The molecule has 0 aliphatic heterocycles. The van der Waals surface area contributed by atoms with Crippen LogP contribution in [0.15, 0.2) is 59.1 Å². The molecule has 2 aromatic heterocycles. The number of aromatic nitrogens is 3. The van der Waals surface area contributed by atoms with E-state index in [2.05, 4.69) is 20.3 Å². The first-order chi connectivity index (χ1) is 13.2. The number of nitrogens with one attached hydrogen (secondary N) is 2. The van der Waals surface area contributed by atoms with Crippen molar-refractivity contribution in [3.8, 4) is 17.0 Å². The highest BCUT2D eigenvalue weighted by molar-refractivity contribution is 7.99. The van der Waals surface area contributed by atoms with Crippen molar-refractivity contribution < 1.29 is 9.53 Å². The van der Waals surface area contributed by atoms with E-state index in [1.807, 2.05) is 53.9 Å². The quantitative estimate of drug-likeness (QED) is 0.472. The van der Waals surface area contributed by atoms with Crippen LogP contribution in [0.25, 0.3) is 22.3 Å². The number of thiazole rings is 1. The number of methoxy groups -OCH3 is 1. The van der Waals surface area contributed by atoms with Crippen LogP contribution in [0.5, 0.6) is 5.75 Å². The minimum absolute atomic E-state index is 0.119. The standard InChI is InChI=1S/C19H16N4O2S2/c1-25-13-7-8-14-15(9-13)21-18(20-14)27-11-17(24)23-19-22-16(10-26-19)12-5-3-2-4-6-12/h2-10H,11H2,1H3,(H,20,21)(H,22,23,24). The number of fused-ring (bicyclic) bond motifs is 1. The second-order valence-corrected chi connectivity index (χ2v) is 7.49. The summed E-state index contributed by atoms with van der Waals surface area (Å²) < 4.78 is 5.21. The molecule has 27 heavy (non-hydrogen) atoms. The zero-order valence-corrected chi connectivity index (χ0v) is 16.1. The number of rotatable bonds is 6. The number of anilines is 1. The van der Waals surface area contributed by atoms with Gasteiger partial charge < -0.3 is 15.0 Å². The van der Waals surface area contributed by atoms with Crippen molar-refractivity contribution in [2.75, 3.05) is 18.2 Å². The lowest BCUT2D eigenvalue weighted by Gasteiger charge is -2.00. The molecule has 2 heterocycles. The molecule has 0 aliphatic carbocycles. The van der Waals surface area contributed by atoms with Gasteiger partial charge in [0.2, 0.25) is 5.91 Å². The molecular formula is C19H16N4O2S2. The van der Waals surface area contributed by atoms with Gasteiger partial charge in [-0.1, -0.05) is 42.1 Å². The maximum atomic E-state index is 12.2. The molecule has 0 saturated carbocycles. The van der Waals surface area contributed by atoms with Crippen molar-refractivity contribution in [3.63, 3.8) is 0 Å². The number of amides is 1. The largest absolute Gasteiger partial charge is 0.497 e. The zero-order chi connectivity index (χ0) is 18.6. The van der Waals surface area contributed by atoms with Crippen molar-refractivity contribution in [3.05, 3.63) is 53.9 Å². The number of thioether (sulfide) groups is 1. The van der Waals surface area contributed by atoms with Crippen LogP contribution < -0.4 is 10.1 Å². The molecule has 2 N–H and O–H groups in total. The number of ether oxygens (including phenoxy) is 1. The summed E-state index contributed by atoms with van der Waals surface area (Å²) >= 11 is 2.76. The number of imidazole rings is 1. The molecule has 0 aliphatic rings. The zero-order valence-electron chi connectivity index (χ0n) is 14.4. The van der Waals surface area contributed by atoms with E-state index < -0.39 is 0 Å². The van der Waals surface area contributed by atoms with Gasteiger partial charge in [0.15, 0.2) is 10.3 Å². The molecule has 4 aromatic rings. The van der Waals surface area contributed by atoms with Crippen LogP contribution in [0.1, 0.15) is 0 Å². The molecule has 4 rings (SSSR count). The summed E-state index contributed by atoms with van der Waals surface area (Å²) in [6.45, 7) is 0. The summed E-state index contributed by atoms with van der Waals surface area (Å²) in [5.74, 6) is 0.891. The van der Waals surface area contributed by atoms with Crippen LogP contribution >= 0.6 is 23.1 Å². The number of H-pyrrole nitrogens is 1. The highest BCUT2D eigenvalue weighted by Gasteiger charge is 2.10. The first-order valence-electron chi connectivity index (χ1n) is 8.18. The minimum atomic E-state index is -0.119. The molecule has 0 bridgehead atoms. The molecule has 0 unspecified atom stereocenters. The first kappa shape index (κ1) is 17.6. The van der Waals surface area contributed by atoms with Crippen LogP contribution in [0.2, 0.25) is 0 Å². The fourth-order valence-corrected chi connectivity index (χ4v) is 3.94. The van der Waals surface area contributed by atoms with Gasteiger partial charge in [-0.2, -0.15) is 0 Å². The molecule has 0 atom stereocenters. The van der Waals surface area contributed by atoms with Gasteiger partial charge in [-0.25, -0.2) is 9.97 Å². The maximum Gasteiger partial charge on any atom is 0.236 e. The molecule has 0 saturated heterocycles. The van der Waals surface area contributed by atoms with Gasteiger partial charge in [0.05, 0.1) is 29.6 Å². The van der Waals surface area contributed by atoms with Crippen LogP contribution in [0.3, 0.4) is 0 Å². The van der Waals surface area contributed by atoms with E-state index >= 15 is 0 Å². The van der Waals surface area contributed by atoms with Crippen LogP contribution in [-0.4, -0.2) is 33.7 Å². The number of aromatic amines is 1. The molecule has 0 fully saturated rings. The molecule has 1 amide bonds. The Morgan fingerprint density at radius 1 is 1.22 bits per heavy atom. The number of carbonyl (C=O) groups excluding carboxylic acids is 1. The highest BCUT2D eigenvalue weighted by atomic mass is 32.2. The summed E-state index contributed by atoms with van der Waals surface area (Å²) in [6, 6.07) is 15.5. The van der Waals surface area contributed by atoms with Crippen molar-refractivity contribution in [1.82, 2.24) is 15.0 Å². The molecule has 0 radical (unpaired) electrons. The number of hydrogen-bond acceptors (Lipinski definition) is 6. The lowest BCUT2D eigenvalue weighted by molar-refractivity contribution is -0.113. The van der Waals surface area contributed by atoms with Gasteiger partial charge in [-0.3, -0.25) is 4.79 Å². The fourth-order valence-electron chi connectivity index (χ4n) is 2.52.